The summed E-state index contributed by atoms with van der Waals surface area (Å²) >= 11 is 0. The van der Waals surface area contributed by atoms with Crippen LogP contribution in [0.4, 0.5) is 0 Å². The first kappa shape index (κ1) is 12.0. The summed E-state index contributed by atoms with van der Waals surface area (Å²) in [4.78, 5) is 0. The van der Waals surface area contributed by atoms with E-state index >= 15 is 0 Å². The highest BCUT2D eigenvalue weighted by Gasteiger charge is 2.19. The molecule has 0 aromatic heterocycles. The molecule has 0 spiro atoms. The second-order valence-electron chi connectivity index (χ2n) is 4.84. The average molecular weight is 198 g/mol. The Morgan fingerprint density at radius 1 is 1.14 bits per heavy atom. The molecule has 2 nitrogen and oxygen atoms in total. The lowest BCUT2D eigenvalue weighted by Crippen LogP contribution is -2.42. The van der Waals surface area contributed by atoms with Gasteiger partial charge in [0.2, 0.25) is 0 Å². The Labute approximate surface area is 88.6 Å². The zero-order valence-electron chi connectivity index (χ0n) is 9.76. The molecular weight excluding hydrogens is 172 g/mol. The Kier molecular flexibility index (Phi) is 5.49. The number of hydrogen-bond donors (Lipinski definition) is 2. The van der Waals surface area contributed by atoms with Crippen LogP contribution in [0, 0.1) is 5.92 Å². The molecule has 2 atom stereocenters. The van der Waals surface area contributed by atoms with Crippen molar-refractivity contribution < 1.29 is 0 Å². The minimum Gasteiger partial charge on any atom is -0.329 e. The molecule has 0 saturated heterocycles. The molecular formula is C12H26N2. The van der Waals surface area contributed by atoms with Crippen molar-refractivity contribution in [3.05, 3.63) is 0 Å². The second kappa shape index (κ2) is 6.41. The first-order valence-electron chi connectivity index (χ1n) is 6.20. The van der Waals surface area contributed by atoms with Gasteiger partial charge in [-0.25, -0.2) is 0 Å². The van der Waals surface area contributed by atoms with Gasteiger partial charge >= 0.3 is 0 Å². The molecule has 0 aromatic rings. The zero-order chi connectivity index (χ0) is 10.4. The normalized spacial score (nSPS) is 24.2. The van der Waals surface area contributed by atoms with E-state index in [0.717, 1.165) is 12.5 Å². The summed E-state index contributed by atoms with van der Waals surface area (Å²) in [6, 6.07) is 1.11. The standard InChI is InChI=1S/C12H26N2/c1-10(9-13)14-11(2)12-7-5-3-4-6-8-12/h10-12,14H,3-9,13H2,1-2H3/t10?,11-/m0/s1. The summed E-state index contributed by atoms with van der Waals surface area (Å²) < 4.78 is 0. The third-order valence-corrected chi connectivity index (χ3v) is 3.51. The summed E-state index contributed by atoms with van der Waals surface area (Å²) in [5.74, 6) is 0.881. The van der Waals surface area contributed by atoms with E-state index in [9.17, 15) is 0 Å². The van der Waals surface area contributed by atoms with E-state index in [1.54, 1.807) is 0 Å². The summed E-state index contributed by atoms with van der Waals surface area (Å²) in [5, 5.41) is 3.60. The van der Waals surface area contributed by atoms with Gasteiger partial charge in [-0.05, 0) is 32.6 Å². The topological polar surface area (TPSA) is 38.0 Å². The lowest BCUT2D eigenvalue weighted by molar-refractivity contribution is 0.316. The summed E-state index contributed by atoms with van der Waals surface area (Å²) in [7, 11) is 0. The van der Waals surface area contributed by atoms with Crippen molar-refractivity contribution >= 4 is 0 Å². The molecule has 1 rings (SSSR count). The van der Waals surface area contributed by atoms with Gasteiger partial charge in [0.1, 0.15) is 0 Å². The minimum atomic E-state index is 0.466. The number of nitrogens with two attached hydrogens (primary N) is 1. The van der Waals surface area contributed by atoms with Gasteiger partial charge < -0.3 is 11.1 Å². The Morgan fingerprint density at radius 2 is 1.71 bits per heavy atom. The Balaban J connectivity index is 2.30. The van der Waals surface area contributed by atoms with Gasteiger partial charge in [-0.1, -0.05) is 25.7 Å². The van der Waals surface area contributed by atoms with Crippen LogP contribution < -0.4 is 11.1 Å². The Hall–Kier alpha value is -0.0800. The van der Waals surface area contributed by atoms with E-state index in [2.05, 4.69) is 19.2 Å². The zero-order valence-corrected chi connectivity index (χ0v) is 9.76. The SMILES string of the molecule is CC(CN)N[C@@H](C)C1CCCCCC1. The third-order valence-electron chi connectivity index (χ3n) is 3.51. The van der Waals surface area contributed by atoms with E-state index in [1.807, 2.05) is 0 Å². The molecule has 2 heteroatoms. The van der Waals surface area contributed by atoms with Crippen molar-refractivity contribution in [1.29, 1.82) is 0 Å². The van der Waals surface area contributed by atoms with Crippen molar-refractivity contribution in [2.75, 3.05) is 6.54 Å². The smallest absolute Gasteiger partial charge is 0.0164 e. The molecule has 0 bridgehead atoms. The molecule has 0 amide bonds. The van der Waals surface area contributed by atoms with Crippen molar-refractivity contribution in [3.63, 3.8) is 0 Å². The van der Waals surface area contributed by atoms with E-state index < -0.39 is 0 Å². The highest BCUT2D eigenvalue weighted by molar-refractivity contribution is 4.77. The van der Waals surface area contributed by atoms with Gasteiger partial charge in [0.05, 0.1) is 0 Å². The van der Waals surface area contributed by atoms with Crippen LogP contribution >= 0.6 is 0 Å². The van der Waals surface area contributed by atoms with Crippen LogP contribution in [0.25, 0.3) is 0 Å². The molecule has 1 aliphatic carbocycles. The van der Waals surface area contributed by atoms with Crippen LogP contribution in [0.3, 0.4) is 0 Å². The fourth-order valence-corrected chi connectivity index (χ4v) is 2.46. The molecule has 0 heterocycles. The predicted octanol–water partition coefficient (Wildman–Crippen LogP) is 2.28. The monoisotopic (exact) mass is 198 g/mol. The quantitative estimate of drug-likeness (QED) is 0.680. The van der Waals surface area contributed by atoms with Crippen LogP contribution in [0.5, 0.6) is 0 Å². The molecule has 3 N–H and O–H groups in total. The van der Waals surface area contributed by atoms with Gasteiger partial charge in [-0.2, -0.15) is 0 Å². The molecule has 0 radical (unpaired) electrons. The fourth-order valence-electron chi connectivity index (χ4n) is 2.46. The molecule has 84 valence electrons. The maximum Gasteiger partial charge on any atom is 0.0164 e. The van der Waals surface area contributed by atoms with Crippen LogP contribution in [0.2, 0.25) is 0 Å². The molecule has 1 aliphatic rings. The maximum atomic E-state index is 5.62. The van der Waals surface area contributed by atoms with Crippen molar-refractivity contribution in [1.82, 2.24) is 5.32 Å². The first-order valence-corrected chi connectivity index (χ1v) is 6.20. The largest absolute Gasteiger partial charge is 0.329 e. The number of hydrogen-bond acceptors (Lipinski definition) is 2. The lowest BCUT2D eigenvalue weighted by atomic mass is 9.92. The number of rotatable bonds is 4. The minimum absolute atomic E-state index is 0.466. The van der Waals surface area contributed by atoms with Gasteiger partial charge in [-0.15, -0.1) is 0 Å². The van der Waals surface area contributed by atoms with Crippen molar-refractivity contribution in [2.45, 2.75) is 64.5 Å². The highest BCUT2D eigenvalue weighted by Crippen LogP contribution is 2.25. The van der Waals surface area contributed by atoms with Gasteiger partial charge in [0.15, 0.2) is 0 Å². The van der Waals surface area contributed by atoms with Crippen LogP contribution in [-0.4, -0.2) is 18.6 Å². The summed E-state index contributed by atoms with van der Waals surface area (Å²) in [6.45, 7) is 5.24. The van der Waals surface area contributed by atoms with Gasteiger partial charge in [-0.3, -0.25) is 0 Å². The fraction of sp³-hybridized carbons (Fsp3) is 1.00. The number of nitrogens with one attached hydrogen (secondary N) is 1. The van der Waals surface area contributed by atoms with E-state index in [0.29, 0.717) is 12.1 Å². The molecule has 1 saturated carbocycles. The van der Waals surface area contributed by atoms with Gasteiger partial charge in [0, 0.05) is 18.6 Å². The van der Waals surface area contributed by atoms with E-state index in [-0.39, 0.29) is 0 Å². The summed E-state index contributed by atoms with van der Waals surface area (Å²) in [6.07, 6.45) is 8.55. The predicted molar refractivity (Wildman–Crippen MR) is 62.3 cm³/mol. The maximum absolute atomic E-state index is 5.62. The third kappa shape index (κ3) is 3.97. The Bertz CT molecular complexity index is 139. The Morgan fingerprint density at radius 3 is 2.21 bits per heavy atom. The molecule has 14 heavy (non-hydrogen) atoms. The van der Waals surface area contributed by atoms with Gasteiger partial charge in [0.25, 0.3) is 0 Å². The highest BCUT2D eigenvalue weighted by atomic mass is 15.0. The van der Waals surface area contributed by atoms with E-state index in [4.69, 9.17) is 5.73 Å². The first-order chi connectivity index (χ1) is 6.74. The van der Waals surface area contributed by atoms with Crippen LogP contribution in [0.1, 0.15) is 52.4 Å². The molecule has 1 fully saturated rings. The van der Waals surface area contributed by atoms with Crippen LogP contribution in [0.15, 0.2) is 0 Å². The molecule has 1 unspecified atom stereocenters. The molecule has 0 aromatic carbocycles. The van der Waals surface area contributed by atoms with Crippen LogP contribution in [-0.2, 0) is 0 Å². The second-order valence-corrected chi connectivity index (χ2v) is 4.84. The summed E-state index contributed by atoms with van der Waals surface area (Å²) in [5.41, 5.74) is 5.62. The van der Waals surface area contributed by atoms with E-state index in [1.165, 1.54) is 38.5 Å². The van der Waals surface area contributed by atoms with Crippen molar-refractivity contribution in [2.24, 2.45) is 11.7 Å². The average Bonchev–Trinajstić information content (AvgIpc) is 2.45. The van der Waals surface area contributed by atoms with Crippen molar-refractivity contribution in [3.8, 4) is 0 Å². The molecule has 0 aliphatic heterocycles. The lowest BCUT2D eigenvalue weighted by Gasteiger charge is -2.26.